The Morgan fingerprint density at radius 3 is 2.95 bits per heavy atom. The monoisotopic (exact) mass is 291 g/mol. The minimum absolute atomic E-state index is 0.0418. The van der Waals surface area contributed by atoms with Crippen LogP contribution in [0.5, 0.6) is 0 Å². The zero-order valence-corrected chi connectivity index (χ0v) is 11.6. The Bertz CT molecular complexity index is 698. The molecule has 5 N–H and O–H groups in total. The molecule has 1 aliphatic rings. The van der Waals surface area contributed by atoms with Crippen LogP contribution in [0.1, 0.15) is 29.9 Å². The number of anilines is 1. The van der Waals surface area contributed by atoms with Crippen LogP contribution in [-0.4, -0.2) is 38.3 Å². The van der Waals surface area contributed by atoms with Crippen LogP contribution in [-0.2, 0) is 4.74 Å². The van der Waals surface area contributed by atoms with E-state index < -0.39 is 5.91 Å². The number of primary amides is 1. The van der Waals surface area contributed by atoms with E-state index in [1.165, 1.54) is 6.33 Å². The van der Waals surface area contributed by atoms with Crippen LogP contribution >= 0.6 is 0 Å². The van der Waals surface area contributed by atoms with Crippen molar-refractivity contribution in [2.24, 2.45) is 11.7 Å². The fourth-order valence-electron chi connectivity index (χ4n) is 2.86. The van der Waals surface area contributed by atoms with Gasteiger partial charge < -0.3 is 25.9 Å². The second kappa shape index (κ2) is 4.97. The first-order valence-electron chi connectivity index (χ1n) is 6.70. The maximum Gasteiger partial charge on any atom is 0.251 e. The maximum atomic E-state index is 11.6. The second-order valence-corrected chi connectivity index (χ2v) is 5.32. The Morgan fingerprint density at radius 1 is 1.57 bits per heavy atom. The molecular formula is C13H17N5O3. The molecule has 0 bridgehead atoms. The van der Waals surface area contributed by atoms with Gasteiger partial charge in [-0.15, -0.1) is 0 Å². The molecule has 3 atom stereocenters. The zero-order chi connectivity index (χ0) is 15.1. The van der Waals surface area contributed by atoms with Gasteiger partial charge >= 0.3 is 0 Å². The first-order chi connectivity index (χ1) is 10.0. The molecule has 0 aliphatic carbocycles. The van der Waals surface area contributed by atoms with E-state index in [-0.39, 0.29) is 36.2 Å². The normalized spacial score (nSPS) is 25.5. The summed E-state index contributed by atoms with van der Waals surface area (Å²) in [6, 6.07) is 0. The van der Waals surface area contributed by atoms with Gasteiger partial charge in [0, 0.05) is 12.1 Å². The quantitative estimate of drug-likeness (QED) is 0.731. The molecule has 3 rings (SSSR count). The van der Waals surface area contributed by atoms with Gasteiger partial charge in [-0.25, -0.2) is 9.97 Å². The van der Waals surface area contributed by atoms with E-state index in [1.807, 2.05) is 6.92 Å². The molecule has 8 nitrogen and oxygen atoms in total. The molecule has 1 amide bonds. The smallest absolute Gasteiger partial charge is 0.251 e. The largest absolute Gasteiger partial charge is 0.394 e. The highest BCUT2D eigenvalue weighted by Crippen LogP contribution is 2.37. The topological polar surface area (TPSA) is 129 Å². The molecule has 2 aromatic rings. The SMILES string of the molecule is C[C@H]1C[C@@H](CO)O[C@H]1n1cc(C(N)=O)c2c(N)ncnc21. The minimum Gasteiger partial charge on any atom is -0.394 e. The molecule has 112 valence electrons. The number of nitrogens with two attached hydrogens (primary N) is 2. The molecule has 0 radical (unpaired) electrons. The first kappa shape index (κ1) is 13.8. The molecule has 0 saturated carbocycles. The predicted octanol–water partition coefficient (Wildman–Crippen LogP) is 0.0283. The van der Waals surface area contributed by atoms with Gasteiger partial charge in [0.1, 0.15) is 24.0 Å². The molecule has 2 aromatic heterocycles. The molecule has 21 heavy (non-hydrogen) atoms. The Morgan fingerprint density at radius 2 is 2.33 bits per heavy atom. The summed E-state index contributed by atoms with van der Waals surface area (Å²) in [6.07, 6.45) is 3.11. The van der Waals surface area contributed by atoms with Crippen molar-refractivity contribution in [2.45, 2.75) is 25.7 Å². The van der Waals surface area contributed by atoms with Crippen LogP contribution in [0.2, 0.25) is 0 Å². The van der Waals surface area contributed by atoms with Gasteiger partial charge in [0.05, 0.1) is 23.7 Å². The summed E-state index contributed by atoms with van der Waals surface area (Å²) in [5.74, 6) is -0.226. The molecule has 0 spiro atoms. The fourth-order valence-corrected chi connectivity index (χ4v) is 2.86. The van der Waals surface area contributed by atoms with Gasteiger partial charge in [-0.05, 0) is 6.42 Å². The van der Waals surface area contributed by atoms with Crippen LogP contribution < -0.4 is 11.5 Å². The summed E-state index contributed by atoms with van der Waals surface area (Å²) in [6.45, 7) is 1.97. The number of aliphatic hydroxyl groups excluding tert-OH is 1. The highest BCUT2D eigenvalue weighted by atomic mass is 16.5. The summed E-state index contributed by atoms with van der Waals surface area (Å²) >= 11 is 0. The lowest BCUT2D eigenvalue weighted by Crippen LogP contribution is -2.16. The number of nitrogens with zero attached hydrogens (tertiary/aromatic N) is 3. The molecule has 1 fully saturated rings. The zero-order valence-electron chi connectivity index (χ0n) is 11.6. The van der Waals surface area contributed by atoms with Crippen LogP contribution in [0.25, 0.3) is 11.0 Å². The van der Waals surface area contributed by atoms with Crippen molar-refractivity contribution < 1.29 is 14.6 Å². The van der Waals surface area contributed by atoms with E-state index in [9.17, 15) is 9.90 Å². The van der Waals surface area contributed by atoms with Crippen molar-refractivity contribution in [3.8, 4) is 0 Å². The average Bonchev–Trinajstić information content (AvgIpc) is 3.00. The Hall–Kier alpha value is -2.19. The molecule has 1 aliphatic heterocycles. The summed E-state index contributed by atoms with van der Waals surface area (Å²) in [5.41, 5.74) is 12.0. The standard InChI is InChI=1S/C13H17N5O3/c1-6-2-7(4-19)21-13(6)18-3-8(11(15)20)9-10(14)16-5-17-12(9)18/h3,5-7,13,19H,2,4H2,1H3,(H2,15,20)(H2,14,16,17)/t6-,7-,13+/m0/s1. The lowest BCUT2D eigenvalue weighted by molar-refractivity contribution is -0.0292. The summed E-state index contributed by atoms with van der Waals surface area (Å²) in [7, 11) is 0. The lowest BCUT2D eigenvalue weighted by Gasteiger charge is -2.18. The third kappa shape index (κ3) is 2.12. The number of nitrogen functional groups attached to an aromatic ring is 1. The second-order valence-electron chi connectivity index (χ2n) is 5.32. The predicted molar refractivity (Wildman–Crippen MR) is 75.2 cm³/mol. The van der Waals surface area contributed by atoms with E-state index >= 15 is 0 Å². The van der Waals surface area contributed by atoms with Crippen LogP contribution in [0.15, 0.2) is 12.5 Å². The lowest BCUT2D eigenvalue weighted by atomic mass is 10.1. The van der Waals surface area contributed by atoms with E-state index in [1.54, 1.807) is 10.8 Å². The molecule has 8 heteroatoms. The number of fused-ring (bicyclic) bond motifs is 1. The fraction of sp³-hybridized carbons (Fsp3) is 0.462. The Kier molecular flexibility index (Phi) is 3.26. The number of carbonyl (C=O) groups is 1. The van der Waals surface area contributed by atoms with E-state index in [0.717, 1.165) is 6.42 Å². The number of carbonyl (C=O) groups excluding carboxylic acids is 1. The van der Waals surface area contributed by atoms with E-state index in [0.29, 0.717) is 11.0 Å². The highest BCUT2D eigenvalue weighted by Gasteiger charge is 2.35. The van der Waals surface area contributed by atoms with Crippen molar-refractivity contribution in [1.29, 1.82) is 0 Å². The number of aliphatic hydroxyl groups is 1. The van der Waals surface area contributed by atoms with Gasteiger partial charge in [0.25, 0.3) is 5.91 Å². The Balaban J connectivity index is 2.16. The molecule has 0 aromatic carbocycles. The van der Waals surface area contributed by atoms with Gasteiger partial charge in [0.15, 0.2) is 0 Å². The maximum absolute atomic E-state index is 11.6. The third-order valence-electron chi connectivity index (χ3n) is 3.84. The summed E-state index contributed by atoms with van der Waals surface area (Å²) in [4.78, 5) is 19.7. The van der Waals surface area contributed by atoms with Crippen molar-refractivity contribution in [3.63, 3.8) is 0 Å². The number of amides is 1. The van der Waals surface area contributed by atoms with Crippen molar-refractivity contribution in [1.82, 2.24) is 14.5 Å². The van der Waals surface area contributed by atoms with Crippen molar-refractivity contribution >= 4 is 22.8 Å². The molecular weight excluding hydrogens is 274 g/mol. The number of aromatic nitrogens is 3. The van der Waals surface area contributed by atoms with Crippen molar-refractivity contribution in [3.05, 3.63) is 18.1 Å². The van der Waals surface area contributed by atoms with Gasteiger partial charge in [0.2, 0.25) is 0 Å². The van der Waals surface area contributed by atoms with Crippen LogP contribution in [0, 0.1) is 5.92 Å². The Labute approximate surface area is 120 Å². The highest BCUT2D eigenvalue weighted by molar-refractivity contribution is 6.08. The first-order valence-corrected chi connectivity index (χ1v) is 6.70. The summed E-state index contributed by atoms with van der Waals surface area (Å²) < 4.78 is 7.55. The van der Waals surface area contributed by atoms with E-state index in [2.05, 4.69) is 9.97 Å². The molecule has 3 heterocycles. The average molecular weight is 291 g/mol. The molecule has 1 saturated heterocycles. The third-order valence-corrected chi connectivity index (χ3v) is 3.84. The van der Waals surface area contributed by atoms with Gasteiger partial charge in [-0.1, -0.05) is 6.92 Å². The van der Waals surface area contributed by atoms with Crippen LogP contribution in [0.3, 0.4) is 0 Å². The number of hydrogen-bond donors (Lipinski definition) is 3. The van der Waals surface area contributed by atoms with Gasteiger partial charge in [-0.3, -0.25) is 4.79 Å². The van der Waals surface area contributed by atoms with E-state index in [4.69, 9.17) is 16.2 Å². The number of rotatable bonds is 3. The summed E-state index contributed by atoms with van der Waals surface area (Å²) in [5, 5.41) is 9.68. The van der Waals surface area contributed by atoms with Crippen molar-refractivity contribution in [2.75, 3.05) is 12.3 Å². The van der Waals surface area contributed by atoms with Gasteiger partial charge in [-0.2, -0.15) is 0 Å². The number of hydrogen-bond acceptors (Lipinski definition) is 6. The molecule has 0 unspecified atom stereocenters. The number of ether oxygens (including phenoxy) is 1. The minimum atomic E-state index is -0.593. The van der Waals surface area contributed by atoms with Crippen LogP contribution in [0.4, 0.5) is 5.82 Å².